The van der Waals surface area contributed by atoms with Crippen LogP contribution >= 0.6 is 23.2 Å². The van der Waals surface area contributed by atoms with Gasteiger partial charge in [-0.1, -0.05) is 11.6 Å². The van der Waals surface area contributed by atoms with Gasteiger partial charge in [0.1, 0.15) is 5.75 Å². The lowest BCUT2D eigenvalue weighted by atomic mass is 10.1. The molecule has 98 valence electrons. The summed E-state index contributed by atoms with van der Waals surface area (Å²) in [5, 5.41) is 0.514. The maximum atomic E-state index is 12.0. The number of benzene rings is 1. The number of ether oxygens (including phenoxy) is 1. The van der Waals surface area contributed by atoms with Crippen molar-refractivity contribution in [1.29, 1.82) is 0 Å². The number of hydrogen-bond acceptors (Lipinski definition) is 2. The molecule has 0 aromatic heterocycles. The minimum atomic E-state index is 0.102. The molecule has 1 fully saturated rings. The molecule has 0 saturated carbocycles. The van der Waals surface area contributed by atoms with Gasteiger partial charge in [-0.05, 0) is 30.5 Å². The second-order valence-corrected chi connectivity index (χ2v) is 5.22. The number of hydrogen-bond donors (Lipinski definition) is 0. The Hall–Kier alpha value is -0.930. The molecule has 0 N–H and O–H groups in total. The summed E-state index contributed by atoms with van der Waals surface area (Å²) in [7, 11) is 1.57. The summed E-state index contributed by atoms with van der Waals surface area (Å²) in [6, 6.07) is 3.63. The molecule has 1 aromatic carbocycles. The SMILES string of the molecule is COc1cc(C)c(N2CC(CCl)CC2=O)cc1Cl. The number of anilines is 1. The van der Waals surface area contributed by atoms with Crippen LogP contribution in [-0.4, -0.2) is 25.4 Å². The second-order valence-electron chi connectivity index (χ2n) is 4.50. The Morgan fingerprint density at radius 1 is 1.50 bits per heavy atom. The molecule has 1 amide bonds. The van der Waals surface area contributed by atoms with Gasteiger partial charge in [0.15, 0.2) is 0 Å². The Bertz CT molecular complexity index is 476. The number of carbonyl (C=O) groups excluding carboxylic acids is 1. The Morgan fingerprint density at radius 3 is 2.78 bits per heavy atom. The average molecular weight is 288 g/mol. The first kappa shape index (κ1) is 13.5. The lowest BCUT2D eigenvalue weighted by Crippen LogP contribution is -2.25. The Kier molecular flexibility index (Phi) is 4.03. The molecule has 3 nitrogen and oxygen atoms in total. The fraction of sp³-hybridized carbons (Fsp3) is 0.462. The summed E-state index contributed by atoms with van der Waals surface area (Å²) >= 11 is 11.9. The number of carbonyl (C=O) groups is 1. The fourth-order valence-electron chi connectivity index (χ4n) is 2.21. The van der Waals surface area contributed by atoms with Crippen molar-refractivity contribution in [2.75, 3.05) is 24.4 Å². The number of aryl methyl sites for hydroxylation is 1. The van der Waals surface area contributed by atoms with Crippen LogP contribution < -0.4 is 9.64 Å². The summed E-state index contributed by atoms with van der Waals surface area (Å²) in [6.45, 7) is 2.60. The van der Waals surface area contributed by atoms with E-state index in [1.54, 1.807) is 18.1 Å². The molecule has 1 saturated heterocycles. The van der Waals surface area contributed by atoms with Gasteiger partial charge in [-0.2, -0.15) is 0 Å². The predicted octanol–water partition coefficient (Wildman–Crippen LogP) is 3.25. The highest BCUT2D eigenvalue weighted by Gasteiger charge is 2.31. The van der Waals surface area contributed by atoms with Gasteiger partial charge in [0.2, 0.25) is 5.91 Å². The van der Waals surface area contributed by atoms with Crippen LogP contribution in [0.25, 0.3) is 0 Å². The van der Waals surface area contributed by atoms with Crippen molar-refractivity contribution >= 4 is 34.8 Å². The van der Waals surface area contributed by atoms with E-state index in [2.05, 4.69) is 0 Å². The van der Waals surface area contributed by atoms with E-state index in [1.807, 2.05) is 13.0 Å². The van der Waals surface area contributed by atoms with Crippen LogP contribution in [0.15, 0.2) is 12.1 Å². The smallest absolute Gasteiger partial charge is 0.227 e. The summed E-state index contributed by atoms with van der Waals surface area (Å²) in [6.07, 6.45) is 0.507. The number of halogens is 2. The normalized spacial score (nSPS) is 19.4. The highest BCUT2D eigenvalue weighted by atomic mass is 35.5. The molecule has 0 radical (unpaired) electrons. The van der Waals surface area contributed by atoms with E-state index < -0.39 is 0 Å². The van der Waals surface area contributed by atoms with Crippen molar-refractivity contribution < 1.29 is 9.53 Å². The van der Waals surface area contributed by atoms with Gasteiger partial charge in [-0.3, -0.25) is 4.79 Å². The highest BCUT2D eigenvalue weighted by Crippen LogP contribution is 2.35. The van der Waals surface area contributed by atoms with Crippen molar-refractivity contribution in [3.63, 3.8) is 0 Å². The summed E-state index contributed by atoms with van der Waals surface area (Å²) < 4.78 is 5.16. The van der Waals surface area contributed by atoms with Gasteiger partial charge in [0.25, 0.3) is 0 Å². The van der Waals surface area contributed by atoms with Gasteiger partial charge in [-0.15, -0.1) is 11.6 Å². The van der Waals surface area contributed by atoms with Gasteiger partial charge >= 0.3 is 0 Å². The number of methoxy groups -OCH3 is 1. The molecule has 1 atom stereocenters. The number of nitrogens with zero attached hydrogens (tertiary/aromatic N) is 1. The zero-order valence-electron chi connectivity index (χ0n) is 10.4. The molecule has 18 heavy (non-hydrogen) atoms. The monoisotopic (exact) mass is 287 g/mol. The van der Waals surface area contributed by atoms with Crippen LogP contribution in [0, 0.1) is 12.8 Å². The first-order valence-electron chi connectivity index (χ1n) is 5.77. The van der Waals surface area contributed by atoms with Gasteiger partial charge in [-0.25, -0.2) is 0 Å². The Balaban J connectivity index is 2.34. The van der Waals surface area contributed by atoms with Crippen LogP contribution in [0.2, 0.25) is 5.02 Å². The third-order valence-corrected chi connectivity index (χ3v) is 3.92. The topological polar surface area (TPSA) is 29.5 Å². The minimum absolute atomic E-state index is 0.102. The minimum Gasteiger partial charge on any atom is -0.495 e. The van der Waals surface area contributed by atoms with E-state index >= 15 is 0 Å². The standard InChI is InChI=1S/C13H15Cl2NO2/c1-8-3-12(18-2)10(15)5-11(8)16-7-9(6-14)4-13(16)17/h3,5,9H,4,6-7H2,1-2H3. The maximum Gasteiger partial charge on any atom is 0.227 e. The molecular formula is C13H15Cl2NO2. The van der Waals surface area contributed by atoms with Gasteiger partial charge in [0.05, 0.1) is 12.1 Å². The van der Waals surface area contributed by atoms with Crippen molar-refractivity contribution in [2.45, 2.75) is 13.3 Å². The molecule has 0 spiro atoms. The largest absolute Gasteiger partial charge is 0.495 e. The average Bonchev–Trinajstić information content (AvgIpc) is 2.73. The summed E-state index contributed by atoms with van der Waals surface area (Å²) in [5.41, 5.74) is 1.82. The van der Waals surface area contributed by atoms with Gasteiger partial charge < -0.3 is 9.64 Å². The highest BCUT2D eigenvalue weighted by molar-refractivity contribution is 6.32. The van der Waals surface area contributed by atoms with Crippen LogP contribution in [0.5, 0.6) is 5.75 Å². The molecular weight excluding hydrogens is 273 g/mol. The molecule has 1 aliphatic heterocycles. The lowest BCUT2D eigenvalue weighted by Gasteiger charge is -2.20. The zero-order valence-corrected chi connectivity index (χ0v) is 11.9. The fourth-order valence-corrected chi connectivity index (χ4v) is 2.65. The Morgan fingerprint density at radius 2 is 2.22 bits per heavy atom. The van der Waals surface area contributed by atoms with E-state index in [9.17, 15) is 4.79 Å². The van der Waals surface area contributed by atoms with Crippen molar-refractivity contribution in [3.8, 4) is 5.75 Å². The van der Waals surface area contributed by atoms with Crippen molar-refractivity contribution in [3.05, 3.63) is 22.7 Å². The van der Waals surface area contributed by atoms with E-state index in [1.165, 1.54) is 0 Å². The van der Waals surface area contributed by atoms with E-state index in [4.69, 9.17) is 27.9 Å². The van der Waals surface area contributed by atoms with Crippen LogP contribution in [0.1, 0.15) is 12.0 Å². The van der Waals surface area contributed by atoms with Crippen LogP contribution in [0.4, 0.5) is 5.69 Å². The molecule has 1 heterocycles. The predicted molar refractivity (Wildman–Crippen MR) is 73.9 cm³/mol. The zero-order chi connectivity index (χ0) is 13.3. The van der Waals surface area contributed by atoms with Crippen molar-refractivity contribution in [1.82, 2.24) is 0 Å². The molecule has 2 rings (SSSR count). The molecule has 5 heteroatoms. The van der Waals surface area contributed by atoms with Crippen molar-refractivity contribution in [2.24, 2.45) is 5.92 Å². The lowest BCUT2D eigenvalue weighted by molar-refractivity contribution is -0.117. The van der Waals surface area contributed by atoms with E-state index in [-0.39, 0.29) is 11.8 Å². The molecule has 0 aliphatic carbocycles. The maximum absolute atomic E-state index is 12.0. The quantitative estimate of drug-likeness (QED) is 0.799. The Labute approximate surface area is 117 Å². The molecule has 0 bridgehead atoms. The number of amides is 1. The second kappa shape index (κ2) is 5.37. The third kappa shape index (κ3) is 2.43. The van der Waals surface area contributed by atoms with E-state index in [0.29, 0.717) is 29.6 Å². The van der Waals surface area contributed by atoms with Gasteiger partial charge in [0, 0.05) is 24.5 Å². The number of rotatable bonds is 3. The first-order valence-corrected chi connectivity index (χ1v) is 6.68. The summed E-state index contributed by atoms with van der Waals surface area (Å²) in [5.74, 6) is 1.45. The van der Waals surface area contributed by atoms with Crippen LogP contribution in [-0.2, 0) is 4.79 Å². The summed E-state index contributed by atoms with van der Waals surface area (Å²) in [4.78, 5) is 13.7. The molecule has 1 aliphatic rings. The molecule has 1 aromatic rings. The van der Waals surface area contributed by atoms with Crippen LogP contribution in [0.3, 0.4) is 0 Å². The van der Waals surface area contributed by atoms with E-state index in [0.717, 1.165) is 11.3 Å². The molecule has 1 unspecified atom stereocenters. The third-order valence-electron chi connectivity index (χ3n) is 3.18. The first-order chi connectivity index (χ1) is 8.56. The number of alkyl halides is 1.